The highest BCUT2D eigenvalue weighted by Gasteiger charge is 2.55. The highest BCUT2D eigenvalue weighted by molar-refractivity contribution is 7.80. The van der Waals surface area contributed by atoms with Gasteiger partial charge in [-0.1, -0.05) is 0 Å². The van der Waals surface area contributed by atoms with Gasteiger partial charge in [0.25, 0.3) is 0 Å². The molecular formula is C9H24O3S3Si3. The topological polar surface area (TPSA) is 27.7 Å². The fourth-order valence-corrected chi connectivity index (χ4v) is 22.3. The summed E-state index contributed by atoms with van der Waals surface area (Å²) in [7, 11) is -6.38. The summed E-state index contributed by atoms with van der Waals surface area (Å²) in [5.74, 6) is 2.41. The molecule has 0 aromatic heterocycles. The summed E-state index contributed by atoms with van der Waals surface area (Å²) in [6.07, 6.45) is 0. The van der Waals surface area contributed by atoms with Crippen LogP contribution in [0.3, 0.4) is 0 Å². The Bertz CT molecular complexity index is 234. The van der Waals surface area contributed by atoms with Crippen LogP contribution in [0, 0.1) is 0 Å². The van der Waals surface area contributed by atoms with Gasteiger partial charge in [-0.15, -0.1) is 0 Å². The third-order valence-corrected chi connectivity index (χ3v) is 18.8. The number of hydrogen-bond acceptors (Lipinski definition) is 6. The van der Waals surface area contributed by atoms with Gasteiger partial charge < -0.3 is 12.3 Å². The summed E-state index contributed by atoms with van der Waals surface area (Å²) in [5.41, 5.74) is 0. The molecule has 1 aliphatic rings. The summed E-state index contributed by atoms with van der Waals surface area (Å²) in [4.78, 5) is 0. The lowest BCUT2D eigenvalue weighted by atomic mass is 11.0. The van der Waals surface area contributed by atoms with Gasteiger partial charge in [-0.25, -0.2) is 0 Å². The quantitative estimate of drug-likeness (QED) is 0.502. The van der Waals surface area contributed by atoms with E-state index in [0.29, 0.717) is 0 Å². The van der Waals surface area contributed by atoms with Crippen molar-refractivity contribution in [1.29, 1.82) is 0 Å². The van der Waals surface area contributed by atoms with Crippen molar-refractivity contribution in [2.24, 2.45) is 0 Å². The van der Waals surface area contributed by atoms with E-state index in [1.54, 1.807) is 0 Å². The van der Waals surface area contributed by atoms with Gasteiger partial charge in [0.05, 0.1) is 0 Å². The van der Waals surface area contributed by atoms with Crippen LogP contribution in [0.1, 0.15) is 0 Å². The molecule has 3 nitrogen and oxygen atoms in total. The molecule has 0 aromatic carbocycles. The van der Waals surface area contributed by atoms with Gasteiger partial charge in [-0.05, 0) is 55.0 Å². The average molecular weight is 361 g/mol. The van der Waals surface area contributed by atoms with Crippen LogP contribution in [0.2, 0.25) is 37.8 Å². The molecule has 1 saturated heterocycles. The predicted molar refractivity (Wildman–Crippen MR) is 94.1 cm³/mol. The second-order valence-corrected chi connectivity index (χ2v) is 17.2. The van der Waals surface area contributed by atoms with Crippen LogP contribution >= 0.6 is 37.9 Å². The molecule has 0 N–H and O–H groups in total. The summed E-state index contributed by atoms with van der Waals surface area (Å²) < 4.78 is 19.0. The van der Waals surface area contributed by atoms with Crippen molar-refractivity contribution in [2.75, 3.05) is 17.3 Å². The van der Waals surface area contributed by atoms with E-state index in [2.05, 4.69) is 57.5 Å². The fraction of sp³-hybridized carbons (Fsp3) is 1.00. The summed E-state index contributed by atoms with van der Waals surface area (Å²) in [5, 5.41) is 0. The predicted octanol–water partition coefficient (Wildman–Crippen LogP) is 3.06. The van der Waals surface area contributed by atoms with E-state index >= 15 is 0 Å². The molecule has 1 aliphatic heterocycles. The molecule has 1 heterocycles. The minimum Gasteiger partial charge on any atom is -0.416 e. The average Bonchev–Trinajstić information content (AvgIpc) is 2.14. The van der Waals surface area contributed by atoms with E-state index in [1.165, 1.54) is 0 Å². The van der Waals surface area contributed by atoms with Crippen LogP contribution in [0.4, 0.5) is 0 Å². The van der Waals surface area contributed by atoms with Crippen molar-refractivity contribution >= 4 is 63.6 Å². The molecule has 0 radical (unpaired) electrons. The third-order valence-electron chi connectivity index (χ3n) is 2.99. The van der Waals surface area contributed by atoms with Crippen molar-refractivity contribution in [2.45, 2.75) is 37.8 Å². The number of thiol groups is 3. The van der Waals surface area contributed by atoms with Gasteiger partial charge in [0, 0.05) is 0 Å². The molecule has 0 aliphatic carbocycles. The lowest BCUT2D eigenvalue weighted by Crippen LogP contribution is -2.67. The van der Waals surface area contributed by atoms with Crippen molar-refractivity contribution in [3.63, 3.8) is 0 Å². The Labute approximate surface area is 130 Å². The van der Waals surface area contributed by atoms with Crippen LogP contribution < -0.4 is 0 Å². The Morgan fingerprint density at radius 1 is 0.611 bits per heavy atom. The molecule has 18 heavy (non-hydrogen) atoms. The maximum absolute atomic E-state index is 6.33. The molecule has 0 unspecified atom stereocenters. The largest absolute Gasteiger partial charge is 0.416 e. The maximum Gasteiger partial charge on any atom is 0.318 e. The van der Waals surface area contributed by atoms with E-state index in [4.69, 9.17) is 12.3 Å². The second kappa shape index (κ2) is 7.03. The van der Waals surface area contributed by atoms with E-state index in [1.807, 2.05) is 0 Å². The second-order valence-electron chi connectivity index (χ2n) is 5.13. The smallest absolute Gasteiger partial charge is 0.318 e. The zero-order valence-corrected chi connectivity index (χ0v) is 17.0. The van der Waals surface area contributed by atoms with Crippen LogP contribution in [0.25, 0.3) is 0 Å². The molecule has 0 atom stereocenters. The van der Waals surface area contributed by atoms with Gasteiger partial charge in [0.2, 0.25) is 0 Å². The molecule has 1 fully saturated rings. The first-order chi connectivity index (χ1) is 8.30. The summed E-state index contributed by atoms with van der Waals surface area (Å²) in [6.45, 7) is 6.46. The molecule has 0 spiro atoms. The van der Waals surface area contributed by atoms with E-state index < -0.39 is 25.7 Å². The van der Waals surface area contributed by atoms with Crippen molar-refractivity contribution in [3.8, 4) is 0 Å². The Hall–Kier alpha value is 1.58. The molecule has 1 rings (SSSR count). The molecule has 0 bridgehead atoms. The van der Waals surface area contributed by atoms with Gasteiger partial charge in [0.15, 0.2) is 0 Å². The minimum atomic E-state index is -2.13. The highest BCUT2D eigenvalue weighted by Crippen LogP contribution is 2.36. The monoisotopic (exact) mass is 360 g/mol. The van der Waals surface area contributed by atoms with Crippen LogP contribution in [-0.2, 0) is 12.3 Å². The first-order valence-corrected chi connectivity index (χ1v) is 15.7. The standard InChI is InChI=1S/C9H24O3S3Si3/c1-16(7-4-13)10-17(2,8-5-14)12-18(3,11-16)9-6-15/h13-15H,4-9H2,1-3H3. The fourth-order valence-electron chi connectivity index (χ4n) is 2.35. The lowest BCUT2D eigenvalue weighted by Gasteiger charge is -2.50. The number of rotatable bonds is 6. The van der Waals surface area contributed by atoms with Gasteiger partial charge in [-0.2, -0.15) is 37.9 Å². The SMILES string of the molecule is C[Si]1(CCS)O[Si](C)(CCS)O[Si](C)(CCS)O1. The van der Waals surface area contributed by atoms with Crippen LogP contribution in [-0.4, -0.2) is 42.9 Å². The Morgan fingerprint density at radius 3 is 1.00 bits per heavy atom. The summed E-state index contributed by atoms with van der Waals surface area (Å²) in [6, 6.07) is 2.76. The maximum atomic E-state index is 6.33. The number of hydrogen-bond donors (Lipinski definition) is 3. The van der Waals surface area contributed by atoms with E-state index in [9.17, 15) is 0 Å². The molecule has 108 valence electrons. The van der Waals surface area contributed by atoms with Crippen molar-refractivity contribution < 1.29 is 12.3 Å². The van der Waals surface area contributed by atoms with Gasteiger partial charge in [0.1, 0.15) is 0 Å². The molecule has 0 saturated carbocycles. The minimum absolute atomic E-state index is 0.805. The highest BCUT2D eigenvalue weighted by atomic mass is 32.1. The molecule has 0 amide bonds. The normalized spacial score (nSPS) is 41.0. The van der Waals surface area contributed by atoms with Crippen LogP contribution in [0.15, 0.2) is 0 Å². The van der Waals surface area contributed by atoms with Gasteiger partial charge in [-0.3, -0.25) is 0 Å². The van der Waals surface area contributed by atoms with Crippen LogP contribution in [0.5, 0.6) is 0 Å². The Balaban J connectivity index is 2.91. The molecule has 0 aromatic rings. The third kappa shape index (κ3) is 4.85. The zero-order chi connectivity index (χ0) is 13.9. The molecule has 9 heteroatoms. The zero-order valence-electron chi connectivity index (χ0n) is 11.3. The van der Waals surface area contributed by atoms with Crippen molar-refractivity contribution in [3.05, 3.63) is 0 Å². The first-order valence-electron chi connectivity index (χ1n) is 6.23. The summed E-state index contributed by atoms with van der Waals surface area (Å²) >= 11 is 13.0. The van der Waals surface area contributed by atoms with E-state index in [-0.39, 0.29) is 0 Å². The van der Waals surface area contributed by atoms with E-state index in [0.717, 1.165) is 35.4 Å². The Morgan fingerprint density at radius 2 is 0.833 bits per heavy atom. The van der Waals surface area contributed by atoms with Crippen molar-refractivity contribution in [1.82, 2.24) is 0 Å². The Kier molecular flexibility index (Phi) is 6.89. The molecular weight excluding hydrogens is 337 g/mol. The lowest BCUT2D eigenvalue weighted by molar-refractivity contribution is 0.225. The van der Waals surface area contributed by atoms with Gasteiger partial charge >= 0.3 is 25.7 Å². The first kappa shape index (κ1) is 17.6.